The summed E-state index contributed by atoms with van der Waals surface area (Å²) in [4.78, 5) is 2.44. The van der Waals surface area contributed by atoms with Gasteiger partial charge in [0.2, 0.25) is 0 Å². The summed E-state index contributed by atoms with van der Waals surface area (Å²) in [7, 11) is 3.47. The number of rotatable bonds is 15. The molecular weight excluding hydrogens is 488 g/mol. The van der Waals surface area contributed by atoms with Gasteiger partial charge in [-0.25, -0.2) is 0 Å². The number of hydrogen-bond donors (Lipinski definition) is 2. The predicted molar refractivity (Wildman–Crippen MR) is 159 cm³/mol. The lowest BCUT2D eigenvalue weighted by molar-refractivity contribution is 0.192. The van der Waals surface area contributed by atoms with E-state index in [0.717, 1.165) is 76.4 Å². The molecule has 210 valence electrons. The smallest absolute Gasteiger partial charge is 0.120 e. The molecule has 0 saturated heterocycles. The number of anilines is 1. The number of fused-ring (bicyclic) bond motifs is 1. The Morgan fingerprint density at radius 2 is 1.72 bits per heavy atom. The molecule has 0 fully saturated rings. The molecule has 3 aromatic rings. The molecule has 3 aromatic carbocycles. The third-order valence-corrected chi connectivity index (χ3v) is 7.61. The Labute approximate surface area is 233 Å². The number of nitrogens with one attached hydrogen (secondary N) is 1. The molecule has 2 N–H and O–H groups in total. The molecule has 0 heterocycles. The van der Waals surface area contributed by atoms with Crippen LogP contribution in [0.15, 0.2) is 60.7 Å². The molecule has 1 atom stereocenters. The zero-order valence-electron chi connectivity index (χ0n) is 23.7. The van der Waals surface area contributed by atoms with Crippen molar-refractivity contribution < 1.29 is 19.3 Å². The van der Waals surface area contributed by atoms with E-state index in [2.05, 4.69) is 65.7 Å². The maximum Gasteiger partial charge on any atom is 0.120 e. The van der Waals surface area contributed by atoms with Crippen LogP contribution in [0.1, 0.15) is 54.4 Å². The number of aromatic hydroxyl groups is 1. The number of unbranched alkanes of at least 4 members (excludes halogenated alkanes) is 1. The first kappa shape index (κ1) is 28.8. The molecule has 1 aliphatic carbocycles. The first-order valence-corrected chi connectivity index (χ1v) is 14.3. The van der Waals surface area contributed by atoms with E-state index in [4.69, 9.17) is 14.2 Å². The molecule has 4 rings (SSSR count). The second-order valence-corrected chi connectivity index (χ2v) is 10.3. The number of benzene rings is 3. The summed E-state index contributed by atoms with van der Waals surface area (Å²) in [5.74, 6) is 2.57. The second-order valence-electron chi connectivity index (χ2n) is 10.3. The van der Waals surface area contributed by atoms with Crippen molar-refractivity contribution in [1.82, 2.24) is 5.32 Å². The van der Waals surface area contributed by atoms with Crippen LogP contribution >= 0.6 is 0 Å². The van der Waals surface area contributed by atoms with Crippen LogP contribution in [0.25, 0.3) is 0 Å². The van der Waals surface area contributed by atoms with Crippen LogP contribution in [-0.2, 0) is 24.1 Å². The number of ether oxygens (including phenoxy) is 3. The molecule has 1 aliphatic rings. The van der Waals surface area contributed by atoms with E-state index in [9.17, 15) is 5.11 Å². The summed E-state index contributed by atoms with van der Waals surface area (Å²) in [6.07, 6.45) is 5.24. The van der Waals surface area contributed by atoms with E-state index >= 15 is 0 Å². The van der Waals surface area contributed by atoms with Gasteiger partial charge < -0.3 is 29.5 Å². The number of phenols is 1. The average Bonchev–Trinajstić information content (AvgIpc) is 2.97. The molecular formula is C33H44N2O4. The van der Waals surface area contributed by atoms with Gasteiger partial charge in [0, 0.05) is 45.1 Å². The zero-order chi connectivity index (χ0) is 27.5. The van der Waals surface area contributed by atoms with Gasteiger partial charge in [-0.05, 0) is 104 Å². The molecule has 39 heavy (non-hydrogen) atoms. The fourth-order valence-electron chi connectivity index (χ4n) is 5.42. The summed E-state index contributed by atoms with van der Waals surface area (Å²) in [5, 5.41) is 13.3. The molecule has 0 radical (unpaired) electrons. The highest BCUT2D eigenvalue weighted by atomic mass is 16.5. The van der Waals surface area contributed by atoms with E-state index in [0.29, 0.717) is 18.3 Å². The molecule has 0 saturated carbocycles. The fraction of sp³-hybridized carbons (Fsp3) is 0.455. The Balaban J connectivity index is 1.39. The Kier molecular flexibility index (Phi) is 10.9. The number of aryl methyl sites for hydroxylation is 1. The van der Waals surface area contributed by atoms with Crippen LogP contribution in [0.4, 0.5) is 5.69 Å². The van der Waals surface area contributed by atoms with Crippen LogP contribution < -0.4 is 19.7 Å². The number of methoxy groups -OCH3 is 2. The van der Waals surface area contributed by atoms with Gasteiger partial charge in [0.05, 0.1) is 7.11 Å². The van der Waals surface area contributed by atoms with E-state index in [1.165, 1.54) is 27.9 Å². The van der Waals surface area contributed by atoms with Gasteiger partial charge in [-0.2, -0.15) is 0 Å². The minimum atomic E-state index is 0.358. The van der Waals surface area contributed by atoms with Gasteiger partial charge in [0.15, 0.2) is 0 Å². The van der Waals surface area contributed by atoms with Crippen LogP contribution in [0.5, 0.6) is 17.2 Å². The van der Waals surface area contributed by atoms with Gasteiger partial charge >= 0.3 is 0 Å². The lowest BCUT2D eigenvalue weighted by atomic mass is 9.79. The zero-order valence-corrected chi connectivity index (χ0v) is 23.7. The topological polar surface area (TPSA) is 63.2 Å². The van der Waals surface area contributed by atoms with Crippen LogP contribution in [0, 0.1) is 0 Å². The van der Waals surface area contributed by atoms with Crippen LogP contribution in [0.3, 0.4) is 0 Å². The third-order valence-electron chi connectivity index (χ3n) is 7.61. The van der Waals surface area contributed by atoms with Gasteiger partial charge in [-0.3, -0.25) is 0 Å². The molecule has 0 aliphatic heterocycles. The summed E-state index contributed by atoms with van der Waals surface area (Å²) >= 11 is 0. The highest BCUT2D eigenvalue weighted by Gasteiger charge is 2.24. The third kappa shape index (κ3) is 8.13. The van der Waals surface area contributed by atoms with Gasteiger partial charge in [0.25, 0.3) is 0 Å². The van der Waals surface area contributed by atoms with Crippen molar-refractivity contribution in [2.45, 2.75) is 51.5 Å². The first-order chi connectivity index (χ1) is 19.1. The molecule has 6 heteroatoms. The quantitative estimate of drug-likeness (QED) is 0.231. The van der Waals surface area contributed by atoms with E-state index < -0.39 is 0 Å². The van der Waals surface area contributed by atoms with Gasteiger partial charge in [-0.15, -0.1) is 0 Å². The van der Waals surface area contributed by atoms with Gasteiger partial charge in [-0.1, -0.05) is 24.3 Å². The fourth-order valence-corrected chi connectivity index (χ4v) is 5.42. The van der Waals surface area contributed by atoms with Crippen molar-refractivity contribution in [2.75, 3.05) is 52.0 Å². The molecule has 0 amide bonds. The maximum atomic E-state index is 9.90. The van der Waals surface area contributed by atoms with Crippen LogP contribution in [-0.4, -0.2) is 52.2 Å². The van der Waals surface area contributed by atoms with Gasteiger partial charge in [0.1, 0.15) is 23.9 Å². The molecule has 1 unspecified atom stereocenters. The molecule has 0 bridgehead atoms. The minimum Gasteiger partial charge on any atom is -0.508 e. The first-order valence-electron chi connectivity index (χ1n) is 14.3. The molecule has 0 spiro atoms. The highest BCUT2D eigenvalue weighted by Crippen LogP contribution is 2.40. The SMILES string of the molecule is CCN(Cc1ccc(OCCNCCCCOC)cc1)c1cc(OC)ccc1C1CCc2cc(O)ccc2C1. The molecule has 6 nitrogen and oxygen atoms in total. The minimum absolute atomic E-state index is 0.358. The normalized spacial score (nSPS) is 14.6. The lowest BCUT2D eigenvalue weighted by Crippen LogP contribution is -2.25. The van der Waals surface area contributed by atoms with E-state index in [1.807, 2.05) is 12.1 Å². The van der Waals surface area contributed by atoms with Crippen molar-refractivity contribution in [3.05, 3.63) is 82.9 Å². The summed E-state index contributed by atoms with van der Waals surface area (Å²) in [6, 6.07) is 20.8. The standard InChI is InChI=1S/C33H44N2O4/c1-4-35(24-25-7-13-30(14-8-25)39-20-18-34-17-5-6-19-37-2)33-23-31(38-3)15-16-32(33)28-10-9-27-22-29(36)12-11-26(27)21-28/h7-8,11-16,22-23,28,34,36H,4-6,9-10,17-21,24H2,1-3H3. The monoisotopic (exact) mass is 532 g/mol. The molecule has 0 aromatic heterocycles. The van der Waals surface area contributed by atoms with E-state index in [1.54, 1.807) is 14.2 Å². The van der Waals surface area contributed by atoms with Crippen molar-refractivity contribution in [2.24, 2.45) is 0 Å². The van der Waals surface area contributed by atoms with Crippen LogP contribution in [0.2, 0.25) is 0 Å². The Bertz CT molecular complexity index is 1160. The highest BCUT2D eigenvalue weighted by molar-refractivity contribution is 5.60. The Hall–Kier alpha value is -3.22. The van der Waals surface area contributed by atoms with Crippen molar-refractivity contribution in [3.63, 3.8) is 0 Å². The van der Waals surface area contributed by atoms with Crippen molar-refractivity contribution >= 4 is 5.69 Å². The average molecular weight is 533 g/mol. The lowest BCUT2D eigenvalue weighted by Gasteiger charge is -2.32. The van der Waals surface area contributed by atoms with Crippen molar-refractivity contribution in [3.8, 4) is 17.2 Å². The Morgan fingerprint density at radius 1 is 0.897 bits per heavy atom. The number of phenolic OH excluding ortho intramolecular Hbond substituents is 1. The summed E-state index contributed by atoms with van der Waals surface area (Å²) in [6.45, 7) is 7.22. The van der Waals surface area contributed by atoms with E-state index in [-0.39, 0.29) is 0 Å². The summed E-state index contributed by atoms with van der Waals surface area (Å²) in [5.41, 5.74) is 6.46. The van der Waals surface area contributed by atoms with Crippen molar-refractivity contribution in [1.29, 1.82) is 0 Å². The Morgan fingerprint density at radius 3 is 2.49 bits per heavy atom. The predicted octanol–water partition coefficient (Wildman–Crippen LogP) is 6.09. The second kappa shape index (κ2) is 14.8. The number of nitrogens with zero attached hydrogens (tertiary/aromatic N) is 1. The maximum absolute atomic E-state index is 9.90. The largest absolute Gasteiger partial charge is 0.508 e. The summed E-state index contributed by atoms with van der Waals surface area (Å²) < 4.78 is 16.6. The number of hydrogen-bond acceptors (Lipinski definition) is 6.